The zero-order chi connectivity index (χ0) is 12.4. The summed E-state index contributed by atoms with van der Waals surface area (Å²) in [5, 5.41) is 3.72. The number of rotatable bonds is 5. The highest BCUT2D eigenvalue weighted by Crippen LogP contribution is 2.38. The van der Waals surface area contributed by atoms with Gasteiger partial charge >= 0.3 is 0 Å². The van der Waals surface area contributed by atoms with Gasteiger partial charge in [-0.25, -0.2) is 0 Å². The fourth-order valence-electron chi connectivity index (χ4n) is 3.65. The van der Waals surface area contributed by atoms with Crippen molar-refractivity contribution in [3.05, 3.63) is 21.4 Å². The zero-order valence-electron chi connectivity index (χ0n) is 11.5. The highest BCUT2D eigenvalue weighted by atomic mass is 32.1. The van der Waals surface area contributed by atoms with Gasteiger partial charge in [-0.2, -0.15) is 0 Å². The number of aryl methyl sites for hydroxylation is 2. The third-order valence-corrected chi connectivity index (χ3v) is 5.95. The number of nitrogens with one attached hydrogen (secondary N) is 1. The minimum Gasteiger partial charge on any atom is -0.310 e. The monoisotopic (exact) mass is 263 g/mol. The lowest BCUT2D eigenvalue weighted by Gasteiger charge is -2.20. The summed E-state index contributed by atoms with van der Waals surface area (Å²) in [6, 6.07) is 3.14. The van der Waals surface area contributed by atoms with E-state index in [0.717, 1.165) is 12.5 Å². The van der Waals surface area contributed by atoms with Crippen LogP contribution in [0.5, 0.6) is 0 Å². The van der Waals surface area contributed by atoms with E-state index < -0.39 is 0 Å². The second kappa shape index (κ2) is 5.75. The van der Waals surface area contributed by atoms with Gasteiger partial charge in [-0.3, -0.25) is 0 Å². The first kappa shape index (κ1) is 12.7. The van der Waals surface area contributed by atoms with Crippen molar-refractivity contribution < 1.29 is 0 Å². The lowest BCUT2D eigenvalue weighted by atomic mass is 9.97. The average Bonchev–Trinajstić information content (AvgIpc) is 3.04. The lowest BCUT2D eigenvalue weighted by Crippen LogP contribution is -2.22. The van der Waals surface area contributed by atoms with Gasteiger partial charge in [-0.1, -0.05) is 32.6 Å². The van der Waals surface area contributed by atoms with Gasteiger partial charge in [-0.15, -0.1) is 11.3 Å². The van der Waals surface area contributed by atoms with Crippen molar-refractivity contribution in [3.63, 3.8) is 0 Å². The van der Waals surface area contributed by atoms with Crippen molar-refractivity contribution in [3.8, 4) is 0 Å². The molecule has 1 fully saturated rings. The van der Waals surface area contributed by atoms with Crippen LogP contribution in [0.4, 0.5) is 0 Å². The quantitative estimate of drug-likeness (QED) is 0.826. The molecule has 0 saturated heterocycles. The summed E-state index contributed by atoms with van der Waals surface area (Å²) < 4.78 is 0. The number of fused-ring (bicyclic) bond motifs is 1. The fourth-order valence-corrected chi connectivity index (χ4v) is 5.00. The summed E-state index contributed by atoms with van der Waals surface area (Å²) in [6.45, 7) is 3.34. The SMILES string of the molecule is CCNC(CC1CCCC1)c1cc2c(s1)CCC2. The van der Waals surface area contributed by atoms with E-state index in [-0.39, 0.29) is 0 Å². The van der Waals surface area contributed by atoms with Gasteiger partial charge < -0.3 is 5.32 Å². The van der Waals surface area contributed by atoms with Crippen LogP contribution >= 0.6 is 11.3 Å². The van der Waals surface area contributed by atoms with Crippen molar-refractivity contribution in [2.24, 2.45) is 5.92 Å². The molecule has 1 aromatic rings. The topological polar surface area (TPSA) is 12.0 Å². The van der Waals surface area contributed by atoms with Crippen LogP contribution in [0.2, 0.25) is 0 Å². The minimum atomic E-state index is 0.633. The summed E-state index contributed by atoms with van der Waals surface area (Å²) in [6.07, 6.45) is 11.3. The van der Waals surface area contributed by atoms with Crippen LogP contribution < -0.4 is 5.32 Å². The Kier molecular flexibility index (Phi) is 4.05. The normalized spacial score (nSPS) is 21.4. The molecule has 0 aliphatic heterocycles. The molecule has 1 heterocycles. The number of thiophene rings is 1. The molecule has 1 saturated carbocycles. The molecule has 0 radical (unpaired) electrons. The summed E-state index contributed by atoms with van der Waals surface area (Å²) in [7, 11) is 0. The Labute approximate surface area is 115 Å². The molecular formula is C16H25NS. The minimum absolute atomic E-state index is 0.633. The van der Waals surface area contributed by atoms with Crippen molar-refractivity contribution in [2.45, 2.75) is 64.3 Å². The van der Waals surface area contributed by atoms with Crippen LogP contribution in [0, 0.1) is 5.92 Å². The first-order valence-electron chi connectivity index (χ1n) is 7.71. The Bertz CT molecular complexity index is 368. The molecule has 100 valence electrons. The highest BCUT2D eigenvalue weighted by molar-refractivity contribution is 7.12. The van der Waals surface area contributed by atoms with E-state index in [1.807, 2.05) is 0 Å². The van der Waals surface area contributed by atoms with Crippen LogP contribution in [0.15, 0.2) is 6.07 Å². The summed E-state index contributed by atoms with van der Waals surface area (Å²) in [5.74, 6) is 0.978. The molecule has 1 atom stereocenters. The first-order chi connectivity index (χ1) is 8.86. The van der Waals surface area contributed by atoms with Crippen molar-refractivity contribution in [2.75, 3.05) is 6.54 Å². The second-order valence-electron chi connectivity index (χ2n) is 5.95. The van der Waals surface area contributed by atoms with Gasteiger partial charge in [0.15, 0.2) is 0 Å². The summed E-state index contributed by atoms with van der Waals surface area (Å²) in [4.78, 5) is 3.30. The van der Waals surface area contributed by atoms with Crippen LogP contribution in [-0.4, -0.2) is 6.54 Å². The van der Waals surface area contributed by atoms with Crippen LogP contribution in [0.25, 0.3) is 0 Å². The smallest absolute Gasteiger partial charge is 0.0417 e. The Morgan fingerprint density at radius 1 is 1.28 bits per heavy atom. The van der Waals surface area contributed by atoms with E-state index in [0.29, 0.717) is 6.04 Å². The molecule has 0 spiro atoms. The molecule has 2 aliphatic carbocycles. The lowest BCUT2D eigenvalue weighted by molar-refractivity contribution is 0.404. The fraction of sp³-hybridized carbons (Fsp3) is 0.750. The van der Waals surface area contributed by atoms with Gasteiger partial charge in [0.25, 0.3) is 0 Å². The Hall–Kier alpha value is -0.340. The summed E-state index contributed by atoms with van der Waals surface area (Å²) >= 11 is 2.09. The maximum Gasteiger partial charge on any atom is 0.0417 e. The molecule has 3 rings (SSSR count). The van der Waals surface area contributed by atoms with Gasteiger partial charge in [0.05, 0.1) is 0 Å². The van der Waals surface area contributed by atoms with Crippen molar-refractivity contribution >= 4 is 11.3 Å². The van der Waals surface area contributed by atoms with E-state index in [4.69, 9.17) is 0 Å². The first-order valence-corrected chi connectivity index (χ1v) is 8.53. The molecule has 18 heavy (non-hydrogen) atoms. The maximum absolute atomic E-state index is 3.72. The molecule has 1 unspecified atom stereocenters. The average molecular weight is 263 g/mol. The van der Waals surface area contributed by atoms with Gasteiger partial charge in [0.2, 0.25) is 0 Å². The molecule has 1 aromatic heterocycles. The van der Waals surface area contributed by atoms with Gasteiger partial charge in [-0.05, 0) is 49.8 Å². The van der Waals surface area contributed by atoms with Gasteiger partial charge in [0.1, 0.15) is 0 Å². The predicted molar refractivity (Wildman–Crippen MR) is 79.3 cm³/mol. The Morgan fingerprint density at radius 2 is 2.11 bits per heavy atom. The third-order valence-electron chi connectivity index (χ3n) is 4.60. The maximum atomic E-state index is 3.72. The van der Waals surface area contributed by atoms with E-state index in [2.05, 4.69) is 29.6 Å². The number of hydrogen-bond donors (Lipinski definition) is 1. The molecule has 0 bridgehead atoms. The van der Waals surface area contributed by atoms with E-state index in [1.54, 1.807) is 15.3 Å². The van der Waals surface area contributed by atoms with E-state index >= 15 is 0 Å². The van der Waals surface area contributed by atoms with Crippen molar-refractivity contribution in [1.29, 1.82) is 0 Å². The molecule has 1 N–H and O–H groups in total. The van der Waals surface area contributed by atoms with Gasteiger partial charge in [0, 0.05) is 15.8 Å². The van der Waals surface area contributed by atoms with Crippen molar-refractivity contribution in [1.82, 2.24) is 5.32 Å². The number of hydrogen-bond acceptors (Lipinski definition) is 2. The van der Waals surface area contributed by atoms with E-state index in [9.17, 15) is 0 Å². The Morgan fingerprint density at radius 3 is 2.83 bits per heavy atom. The summed E-state index contributed by atoms with van der Waals surface area (Å²) in [5.41, 5.74) is 1.66. The zero-order valence-corrected chi connectivity index (χ0v) is 12.3. The second-order valence-corrected chi connectivity index (χ2v) is 7.12. The molecule has 2 aliphatic rings. The van der Waals surface area contributed by atoms with Crippen LogP contribution in [0.3, 0.4) is 0 Å². The predicted octanol–water partition coefficient (Wildman–Crippen LogP) is 4.47. The van der Waals surface area contributed by atoms with E-state index in [1.165, 1.54) is 51.4 Å². The Balaban J connectivity index is 1.70. The molecule has 1 nitrogen and oxygen atoms in total. The van der Waals surface area contributed by atoms with Crippen LogP contribution in [-0.2, 0) is 12.8 Å². The molecule has 2 heteroatoms. The molecule has 0 aromatic carbocycles. The highest BCUT2D eigenvalue weighted by Gasteiger charge is 2.24. The largest absolute Gasteiger partial charge is 0.310 e. The third kappa shape index (κ3) is 2.65. The van der Waals surface area contributed by atoms with Crippen LogP contribution in [0.1, 0.15) is 66.8 Å². The molecule has 0 amide bonds. The standard InChI is InChI=1S/C16H25NS/c1-2-17-14(10-12-6-3-4-7-12)16-11-13-8-5-9-15(13)18-16/h11-12,14,17H,2-10H2,1H3. The molecular weight excluding hydrogens is 238 g/mol.